The Morgan fingerprint density at radius 1 is 1.15 bits per heavy atom. The number of thiophene rings is 1. The van der Waals surface area contributed by atoms with Crippen LogP contribution in [0.5, 0.6) is 0 Å². The van der Waals surface area contributed by atoms with Crippen LogP contribution in [0.4, 0.5) is 0 Å². The average molecular weight is 476 g/mol. The van der Waals surface area contributed by atoms with Gasteiger partial charge in [0.05, 0.1) is 21.9 Å². The molecule has 0 saturated heterocycles. The Bertz CT molecular complexity index is 1330. The number of rotatable bonds is 7. The first kappa shape index (κ1) is 21.9. The number of hydrogen-bond acceptors (Lipinski definition) is 5. The molecule has 1 aliphatic rings. The van der Waals surface area contributed by atoms with Crippen molar-refractivity contribution in [2.75, 3.05) is 0 Å². The first-order valence-electron chi connectivity index (χ1n) is 11.1. The van der Waals surface area contributed by atoms with Gasteiger partial charge < -0.3 is 10.3 Å². The van der Waals surface area contributed by atoms with Gasteiger partial charge in [-0.15, -0.1) is 23.1 Å². The lowest BCUT2D eigenvalue weighted by Crippen LogP contribution is -2.52. The summed E-state index contributed by atoms with van der Waals surface area (Å²) in [7, 11) is 0. The minimum atomic E-state index is -0.254. The van der Waals surface area contributed by atoms with Crippen LogP contribution in [0.2, 0.25) is 0 Å². The van der Waals surface area contributed by atoms with Crippen molar-refractivity contribution in [3.8, 4) is 11.1 Å². The molecule has 5 nitrogen and oxygen atoms in total. The Morgan fingerprint density at radius 3 is 2.52 bits per heavy atom. The van der Waals surface area contributed by atoms with Crippen molar-refractivity contribution in [1.82, 2.24) is 15.3 Å². The van der Waals surface area contributed by atoms with E-state index in [1.807, 2.05) is 60.8 Å². The van der Waals surface area contributed by atoms with Gasteiger partial charge in [-0.2, -0.15) is 0 Å². The molecule has 33 heavy (non-hydrogen) atoms. The number of aromatic amines is 1. The van der Waals surface area contributed by atoms with Gasteiger partial charge in [0, 0.05) is 10.9 Å². The van der Waals surface area contributed by atoms with E-state index < -0.39 is 0 Å². The third kappa shape index (κ3) is 4.35. The number of thioether (sulfide) groups is 1. The van der Waals surface area contributed by atoms with E-state index in [4.69, 9.17) is 0 Å². The smallest absolute Gasteiger partial charge is 0.260 e. The molecule has 2 heterocycles. The molecule has 7 heteroatoms. The van der Waals surface area contributed by atoms with E-state index in [0.29, 0.717) is 17.0 Å². The number of amides is 1. The van der Waals surface area contributed by atoms with Crippen LogP contribution in [0.25, 0.3) is 21.3 Å². The van der Waals surface area contributed by atoms with Crippen LogP contribution in [0.3, 0.4) is 0 Å². The molecular formula is C26H25N3O2S2. The fraction of sp³-hybridized carbons (Fsp3) is 0.269. The van der Waals surface area contributed by atoms with Crippen LogP contribution in [-0.4, -0.2) is 21.1 Å². The molecule has 1 saturated carbocycles. The maximum atomic E-state index is 13.0. The Hall–Kier alpha value is -2.90. The molecule has 5 rings (SSSR count). The molecule has 2 aromatic heterocycles. The van der Waals surface area contributed by atoms with Crippen LogP contribution in [0.1, 0.15) is 37.6 Å². The number of fused-ring (bicyclic) bond motifs is 1. The summed E-state index contributed by atoms with van der Waals surface area (Å²) < 4.78 is 0. The van der Waals surface area contributed by atoms with Crippen molar-refractivity contribution in [3.05, 3.63) is 87.8 Å². The molecule has 2 aromatic carbocycles. The summed E-state index contributed by atoms with van der Waals surface area (Å²) in [4.78, 5) is 34.1. The fourth-order valence-corrected chi connectivity index (χ4v) is 6.00. The second-order valence-corrected chi connectivity index (χ2v) is 10.6. The molecule has 0 bridgehead atoms. The molecule has 168 valence electrons. The summed E-state index contributed by atoms with van der Waals surface area (Å²) in [5, 5.41) is 5.65. The maximum Gasteiger partial charge on any atom is 0.260 e. The topological polar surface area (TPSA) is 74.8 Å². The molecule has 1 fully saturated rings. The van der Waals surface area contributed by atoms with Crippen molar-refractivity contribution < 1.29 is 4.79 Å². The highest BCUT2D eigenvalue weighted by atomic mass is 32.2. The predicted octanol–water partition coefficient (Wildman–Crippen LogP) is 5.47. The van der Waals surface area contributed by atoms with E-state index >= 15 is 0 Å². The number of benzene rings is 2. The van der Waals surface area contributed by atoms with Gasteiger partial charge in [0.1, 0.15) is 10.7 Å². The lowest BCUT2D eigenvalue weighted by molar-refractivity contribution is -0.123. The van der Waals surface area contributed by atoms with E-state index in [-0.39, 0.29) is 22.3 Å². The van der Waals surface area contributed by atoms with Crippen molar-refractivity contribution in [1.29, 1.82) is 0 Å². The summed E-state index contributed by atoms with van der Waals surface area (Å²) in [6.07, 6.45) is 3.05. The number of nitrogens with zero attached hydrogens (tertiary/aromatic N) is 1. The number of aromatic nitrogens is 2. The van der Waals surface area contributed by atoms with Crippen molar-refractivity contribution in [2.24, 2.45) is 0 Å². The van der Waals surface area contributed by atoms with Crippen LogP contribution in [-0.2, 0) is 16.1 Å². The summed E-state index contributed by atoms with van der Waals surface area (Å²) >= 11 is 2.96. The van der Waals surface area contributed by atoms with Crippen LogP contribution < -0.4 is 10.9 Å². The standard InChI is InChI=1S/C26H25N3O2S2/c1-17(23(30)29-26(13-8-14-26)19-11-6-3-7-12-19)32-16-21-27-24(31)22-20(15-33-25(22)28-21)18-9-4-2-5-10-18/h2-7,9-12,15,17H,8,13-14,16H2,1H3,(H,29,30)(H,27,28,31). The summed E-state index contributed by atoms with van der Waals surface area (Å²) in [5.41, 5.74) is 2.70. The minimum Gasteiger partial charge on any atom is -0.346 e. The maximum absolute atomic E-state index is 13.0. The summed E-state index contributed by atoms with van der Waals surface area (Å²) in [6.45, 7) is 1.91. The molecule has 1 atom stereocenters. The van der Waals surface area contributed by atoms with E-state index in [0.717, 1.165) is 35.2 Å². The monoisotopic (exact) mass is 475 g/mol. The normalized spacial score (nSPS) is 15.7. The van der Waals surface area contributed by atoms with Gasteiger partial charge >= 0.3 is 0 Å². The van der Waals surface area contributed by atoms with E-state index in [1.165, 1.54) is 28.7 Å². The van der Waals surface area contributed by atoms with Gasteiger partial charge in [-0.05, 0) is 37.3 Å². The Balaban J connectivity index is 1.28. The van der Waals surface area contributed by atoms with Crippen LogP contribution in [0, 0.1) is 0 Å². The number of nitrogens with one attached hydrogen (secondary N) is 2. The molecule has 0 radical (unpaired) electrons. The van der Waals surface area contributed by atoms with Crippen LogP contribution in [0.15, 0.2) is 70.8 Å². The zero-order valence-electron chi connectivity index (χ0n) is 18.3. The fourth-order valence-electron chi connectivity index (χ4n) is 4.28. The summed E-state index contributed by atoms with van der Waals surface area (Å²) in [5.74, 6) is 1.09. The number of H-pyrrole nitrogens is 1. The Kier molecular flexibility index (Phi) is 6.08. The second kappa shape index (κ2) is 9.15. The zero-order chi connectivity index (χ0) is 22.8. The molecule has 2 N–H and O–H groups in total. The average Bonchev–Trinajstić information content (AvgIpc) is 3.25. The molecule has 1 aliphatic carbocycles. The highest BCUT2D eigenvalue weighted by Gasteiger charge is 2.40. The highest BCUT2D eigenvalue weighted by molar-refractivity contribution is 7.99. The largest absolute Gasteiger partial charge is 0.346 e. The van der Waals surface area contributed by atoms with Gasteiger partial charge in [-0.3, -0.25) is 9.59 Å². The first-order valence-corrected chi connectivity index (χ1v) is 13.0. The second-order valence-electron chi connectivity index (χ2n) is 8.45. The zero-order valence-corrected chi connectivity index (χ0v) is 20.0. The number of carbonyl (C=O) groups is 1. The van der Waals surface area contributed by atoms with E-state index in [1.54, 1.807) is 0 Å². The molecule has 0 aliphatic heterocycles. The van der Waals surface area contributed by atoms with E-state index in [9.17, 15) is 9.59 Å². The van der Waals surface area contributed by atoms with Crippen molar-refractivity contribution in [2.45, 2.75) is 42.7 Å². The van der Waals surface area contributed by atoms with Gasteiger partial charge in [0.25, 0.3) is 5.56 Å². The Morgan fingerprint density at radius 2 is 1.85 bits per heavy atom. The minimum absolute atomic E-state index is 0.0227. The summed E-state index contributed by atoms with van der Waals surface area (Å²) in [6, 6.07) is 20.1. The SMILES string of the molecule is CC(SCc1nc2scc(-c3ccccc3)c2c(=O)[nH]1)C(=O)NC1(c2ccccc2)CCC1. The molecule has 0 spiro atoms. The highest BCUT2D eigenvalue weighted by Crippen LogP contribution is 2.41. The lowest BCUT2D eigenvalue weighted by Gasteiger charge is -2.43. The third-order valence-electron chi connectivity index (χ3n) is 6.31. The first-order chi connectivity index (χ1) is 16.1. The molecule has 4 aromatic rings. The number of carbonyl (C=O) groups excluding carboxylic acids is 1. The molecule has 1 amide bonds. The van der Waals surface area contributed by atoms with Gasteiger partial charge in [0.15, 0.2) is 0 Å². The third-order valence-corrected chi connectivity index (χ3v) is 8.34. The van der Waals surface area contributed by atoms with Crippen molar-refractivity contribution in [3.63, 3.8) is 0 Å². The predicted molar refractivity (Wildman–Crippen MR) is 137 cm³/mol. The van der Waals surface area contributed by atoms with Crippen LogP contribution >= 0.6 is 23.1 Å². The Labute approximate surface area is 200 Å². The van der Waals surface area contributed by atoms with Gasteiger partial charge in [0.2, 0.25) is 5.91 Å². The van der Waals surface area contributed by atoms with Gasteiger partial charge in [-0.25, -0.2) is 4.98 Å². The van der Waals surface area contributed by atoms with E-state index in [2.05, 4.69) is 27.4 Å². The quantitative estimate of drug-likeness (QED) is 0.372. The molecule has 1 unspecified atom stereocenters. The molecular weight excluding hydrogens is 450 g/mol. The lowest BCUT2D eigenvalue weighted by atomic mass is 9.71. The number of hydrogen-bond donors (Lipinski definition) is 2. The van der Waals surface area contributed by atoms with Gasteiger partial charge in [-0.1, -0.05) is 60.7 Å². The van der Waals surface area contributed by atoms with Crippen molar-refractivity contribution >= 4 is 39.2 Å².